The first-order valence-corrected chi connectivity index (χ1v) is 6.75. The Morgan fingerprint density at radius 3 is 2.61 bits per heavy atom. The van der Waals surface area contributed by atoms with Gasteiger partial charge in [0, 0.05) is 24.5 Å². The van der Waals surface area contributed by atoms with Gasteiger partial charge >= 0.3 is 0 Å². The fourth-order valence-electron chi connectivity index (χ4n) is 2.13. The SMILES string of the molecule is Cc1c(CCCCCCCC(=O)[O-])ccc[n+]1C. The van der Waals surface area contributed by atoms with E-state index in [4.69, 9.17) is 0 Å². The molecule has 1 rings (SSSR count). The molecule has 3 heteroatoms. The van der Waals surface area contributed by atoms with Gasteiger partial charge in [0.15, 0.2) is 11.9 Å². The van der Waals surface area contributed by atoms with E-state index in [9.17, 15) is 9.90 Å². The van der Waals surface area contributed by atoms with Gasteiger partial charge in [-0.3, -0.25) is 0 Å². The van der Waals surface area contributed by atoms with Crippen LogP contribution in [0.4, 0.5) is 0 Å². The van der Waals surface area contributed by atoms with Crippen molar-refractivity contribution in [2.75, 3.05) is 0 Å². The van der Waals surface area contributed by atoms with Gasteiger partial charge in [-0.1, -0.05) is 19.3 Å². The zero-order valence-corrected chi connectivity index (χ0v) is 11.4. The first-order valence-electron chi connectivity index (χ1n) is 6.75. The van der Waals surface area contributed by atoms with Crippen LogP contribution in [0.15, 0.2) is 18.3 Å². The number of carbonyl (C=O) groups excluding carboxylic acids is 1. The molecular weight excluding hydrogens is 226 g/mol. The number of hydrogen-bond acceptors (Lipinski definition) is 2. The van der Waals surface area contributed by atoms with E-state index in [2.05, 4.69) is 36.9 Å². The van der Waals surface area contributed by atoms with Gasteiger partial charge < -0.3 is 9.90 Å². The molecule has 0 saturated heterocycles. The third kappa shape index (κ3) is 5.30. The second-order valence-electron chi connectivity index (χ2n) is 4.87. The van der Waals surface area contributed by atoms with Crippen LogP contribution in [0.5, 0.6) is 0 Å². The molecule has 0 amide bonds. The lowest BCUT2D eigenvalue weighted by Crippen LogP contribution is -2.32. The zero-order chi connectivity index (χ0) is 13.4. The smallest absolute Gasteiger partial charge is 0.181 e. The molecule has 0 aliphatic carbocycles. The van der Waals surface area contributed by atoms with Gasteiger partial charge in [-0.25, -0.2) is 4.57 Å². The summed E-state index contributed by atoms with van der Waals surface area (Å²) in [7, 11) is 2.07. The lowest BCUT2D eigenvalue weighted by molar-refractivity contribution is -0.678. The summed E-state index contributed by atoms with van der Waals surface area (Å²) in [6.07, 6.45) is 8.59. The van der Waals surface area contributed by atoms with Crippen molar-refractivity contribution in [1.82, 2.24) is 0 Å². The average molecular weight is 249 g/mol. The van der Waals surface area contributed by atoms with Gasteiger partial charge in [0.2, 0.25) is 0 Å². The highest BCUT2D eigenvalue weighted by atomic mass is 16.4. The van der Waals surface area contributed by atoms with Crippen molar-refractivity contribution in [1.29, 1.82) is 0 Å². The third-order valence-electron chi connectivity index (χ3n) is 3.43. The number of hydrogen-bond donors (Lipinski definition) is 0. The van der Waals surface area contributed by atoms with Crippen molar-refractivity contribution in [3.8, 4) is 0 Å². The molecule has 0 aromatic carbocycles. The van der Waals surface area contributed by atoms with E-state index in [1.807, 2.05) is 0 Å². The molecule has 0 N–H and O–H groups in total. The molecule has 0 spiro atoms. The summed E-state index contributed by atoms with van der Waals surface area (Å²) in [5, 5.41) is 10.2. The van der Waals surface area contributed by atoms with Crippen molar-refractivity contribution < 1.29 is 14.5 Å². The summed E-state index contributed by atoms with van der Waals surface area (Å²) >= 11 is 0. The van der Waals surface area contributed by atoms with Gasteiger partial charge in [-0.05, 0) is 31.7 Å². The van der Waals surface area contributed by atoms with Gasteiger partial charge in [-0.2, -0.15) is 0 Å². The molecule has 1 aromatic rings. The number of pyridine rings is 1. The quantitative estimate of drug-likeness (QED) is 0.517. The first-order chi connectivity index (χ1) is 8.61. The number of aliphatic carboxylic acids is 1. The van der Waals surface area contributed by atoms with Gasteiger partial charge in [0.1, 0.15) is 7.05 Å². The highest BCUT2D eigenvalue weighted by Gasteiger charge is 2.06. The van der Waals surface area contributed by atoms with E-state index < -0.39 is 5.97 Å². The van der Waals surface area contributed by atoms with E-state index in [1.165, 1.54) is 24.1 Å². The predicted molar refractivity (Wildman–Crippen MR) is 68.8 cm³/mol. The van der Waals surface area contributed by atoms with Gasteiger partial charge in [0.05, 0.1) is 0 Å². The number of rotatable bonds is 8. The second kappa shape index (κ2) is 7.85. The van der Waals surface area contributed by atoms with Crippen LogP contribution in [-0.2, 0) is 18.3 Å². The van der Waals surface area contributed by atoms with Crippen LogP contribution in [0.1, 0.15) is 49.8 Å². The molecule has 0 saturated carbocycles. The minimum Gasteiger partial charge on any atom is -0.550 e. The summed E-state index contributed by atoms with van der Waals surface area (Å²) in [6, 6.07) is 4.27. The Labute approximate surface area is 109 Å². The number of nitrogens with zero attached hydrogens (tertiary/aromatic N) is 1. The summed E-state index contributed by atoms with van der Waals surface area (Å²) in [5.74, 6) is -0.928. The van der Waals surface area contributed by atoms with Crippen molar-refractivity contribution in [3.63, 3.8) is 0 Å². The molecule has 1 heterocycles. The van der Waals surface area contributed by atoms with Crippen LogP contribution < -0.4 is 9.67 Å². The summed E-state index contributed by atoms with van der Waals surface area (Å²) in [4.78, 5) is 10.2. The molecule has 100 valence electrons. The number of carboxylic acids is 1. The van der Waals surface area contributed by atoms with Gasteiger partial charge in [0.25, 0.3) is 0 Å². The summed E-state index contributed by atoms with van der Waals surface area (Å²) in [6.45, 7) is 2.15. The third-order valence-corrected chi connectivity index (χ3v) is 3.43. The molecule has 0 atom stereocenters. The standard InChI is InChI=1S/C15H23NO2/c1-13-14(10-8-12-16(13)2)9-6-4-3-5-7-11-15(17)18/h8,10,12H,3-7,9,11H2,1-2H3. The number of aromatic nitrogens is 1. The Bertz CT molecular complexity index is 388. The highest BCUT2D eigenvalue weighted by Crippen LogP contribution is 2.10. The van der Waals surface area contributed by atoms with Crippen LogP contribution in [0.2, 0.25) is 0 Å². The monoisotopic (exact) mass is 249 g/mol. The lowest BCUT2D eigenvalue weighted by atomic mass is 10.0. The van der Waals surface area contributed by atoms with E-state index >= 15 is 0 Å². The molecular formula is C15H23NO2. The molecule has 18 heavy (non-hydrogen) atoms. The van der Waals surface area contributed by atoms with Crippen molar-refractivity contribution in [2.45, 2.75) is 51.9 Å². The van der Waals surface area contributed by atoms with Gasteiger partial charge in [-0.15, -0.1) is 0 Å². The number of aryl methyl sites for hydroxylation is 2. The molecule has 0 aliphatic heterocycles. The first kappa shape index (κ1) is 14.7. The fourth-order valence-corrected chi connectivity index (χ4v) is 2.13. The molecule has 0 aliphatic rings. The number of carbonyl (C=O) groups is 1. The second-order valence-corrected chi connectivity index (χ2v) is 4.87. The highest BCUT2D eigenvalue weighted by molar-refractivity contribution is 5.63. The minimum absolute atomic E-state index is 0.202. The van der Waals surface area contributed by atoms with Crippen molar-refractivity contribution in [3.05, 3.63) is 29.6 Å². The minimum atomic E-state index is -0.928. The maximum Gasteiger partial charge on any atom is 0.181 e. The van der Waals surface area contributed by atoms with Crippen molar-refractivity contribution >= 4 is 5.97 Å². The Morgan fingerprint density at radius 1 is 1.22 bits per heavy atom. The molecule has 0 unspecified atom stereocenters. The Kier molecular flexibility index (Phi) is 6.40. The van der Waals surface area contributed by atoms with Crippen LogP contribution in [0, 0.1) is 6.92 Å². The van der Waals surface area contributed by atoms with E-state index in [1.54, 1.807) is 0 Å². The maximum atomic E-state index is 10.2. The lowest BCUT2D eigenvalue weighted by Gasteiger charge is -2.04. The van der Waals surface area contributed by atoms with Crippen LogP contribution in [-0.4, -0.2) is 5.97 Å². The Balaban J connectivity index is 2.14. The zero-order valence-electron chi connectivity index (χ0n) is 11.4. The van der Waals surface area contributed by atoms with E-state index in [-0.39, 0.29) is 6.42 Å². The Morgan fingerprint density at radius 2 is 1.89 bits per heavy atom. The van der Waals surface area contributed by atoms with Crippen molar-refractivity contribution in [2.24, 2.45) is 7.05 Å². The maximum absolute atomic E-state index is 10.2. The Hall–Kier alpha value is -1.38. The summed E-state index contributed by atoms with van der Waals surface area (Å²) in [5.41, 5.74) is 2.74. The predicted octanol–water partition coefficient (Wildman–Crippen LogP) is 1.45. The molecule has 3 nitrogen and oxygen atoms in total. The average Bonchev–Trinajstić information content (AvgIpc) is 2.32. The topological polar surface area (TPSA) is 44.0 Å². The largest absolute Gasteiger partial charge is 0.550 e. The molecule has 1 aromatic heterocycles. The summed E-state index contributed by atoms with van der Waals surface area (Å²) < 4.78 is 2.15. The van der Waals surface area contributed by atoms with E-state index in [0.29, 0.717) is 0 Å². The molecule has 0 radical (unpaired) electrons. The fraction of sp³-hybridized carbons (Fsp3) is 0.600. The number of unbranched alkanes of at least 4 members (excludes halogenated alkanes) is 4. The molecule has 0 fully saturated rings. The van der Waals surface area contributed by atoms with Crippen LogP contribution in [0.25, 0.3) is 0 Å². The normalized spacial score (nSPS) is 10.6. The van der Waals surface area contributed by atoms with Crippen LogP contribution in [0.3, 0.4) is 0 Å². The number of carboxylic acid groups (broad SMARTS) is 1. The van der Waals surface area contributed by atoms with E-state index in [0.717, 1.165) is 25.7 Å². The molecule has 0 bridgehead atoms. The van der Waals surface area contributed by atoms with Crippen LogP contribution >= 0.6 is 0 Å².